The number of hydrogen-bond acceptors (Lipinski definition) is 3. The molecule has 0 aromatic heterocycles. The minimum Gasteiger partial charge on any atom is -0.376 e. The molecule has 0 bridgehead atoms. The van der Waals surface area contributed by atoms with Crippen molar-refractivity contribution in [3.63, 3.8) is 0 Å². The Kier molecular flexibility index (Phi) is 5.92. The summed E-state index contributed by atoms with van der Waals surface area (Å²) in [5.74, 6) is 0.404. The number of amides is 1. The van der Waals surface area contributed by atoms with Crippen LogP contribution in [0.1, 0.15) is 46.5 Å². The molecule has 1 saturated carbocycles. The molecule has 4 heteroatoms. The molecular formula is C13H26N2O2. The van der Waals surface area contributed by atoms with E-state index in [1.165, 1.54) is 12.8 Å². The maximum Gasteiger partial charge on any atom is 0.236 e. The van der Waals surface area contributed by atoms with Crippen molar-refractivity contribution in [1.82, 2.24) is 5.32 Å². The van der Waals surface area contributed by atoms with Crippen molar-refractivity contribution < 1.29 is 9.53 Å². The first kappa shape index (κ1) is 14.5. The highest BCUT2D eigenvalue weighted by atomic mass is 16.5. The van der Waals surface area contributed by atoms with Crippen molar-refractivity contribution in [1.29, 1.82) is 0 Å². The van der Waals surface area contributed by atoms with E-state index in [0.717, 1.165) is 18.8 Å². The number of carbonyl (C=O) groups is 1. The first-order valence-electron chi connectivity index (χ1n) is 6.66. The number of ether oxygens (including phenoxy) is 1. The fraction of sp³-hybridized carbons (Fsp3) is 0.923. The monoisotopic (exact) mass is 242 g/mol. The van der Waals surface area contributed by atoms with Crippen LogP contribution in [0.2, 0.25) is 0 Å². The molecule has 100 valence electrons. The predicted molar refractivity (Wildman–Crippen MR) is 68.6 cm³/mol. The molecule has 1 aliphatic rings. The van der Waals surface area contributed by atoms with E-state index < -0.39 is 0 Å². The highest BCUT2D eigenvalue weighted by Crippen LogP contribution is 2.25. The number of hydrogen-bond donors (Lipinski definition) is 2. The summed E-state index contributed by atoms with van der Waals surface area (Å²) in [5.41, 5.74) is 5.35. The lowest BCUT2D eigenvalue weighted by atomic mass is 9.89. The predicted octanol–water partition coefficient (Wildman–Crippen LogP) is 1.43. The van der Waals surface area contributed by atoms with Crippen LogP contribution in [-0.2, 0) is 9.53 Å². The molecule has 0 heterocycles. The van der Waals surface area contributed by atoms with Crippen molar-refractivity contribution in [3.05, 3.63) is 0 Å². The number of primary amides is 1. The largest absolute Gasteiger partial charge is 0.376 e. The van der Waals surface area contributed by atoms with Gasteiger partial charge in [0.2, 0.25) is 5.91 Å². The van der Waals surface area contributed by atoms with Crippen molar-refractivity contribution in [2.24, 2.45) is 11.7 Å². The maximum absolute atomic E-state index is 11.3. The first-order chi connectivity index (χ1) is 7.99. The van der Waals surface area contributed by atoms with Crippen LogP contribution >= 0.6 is 0 Å². The minimum absolute atomic E-state index is 0.237. The van der Waals surface area contributed by atoms with Gasteiger partial charge in [-0.15, -0.1) is 0 Å². The highest BCUT2D eigenvalue weighted by Gasteiger charge is 2.22. The molecule has 0 spiro atoms. The third-order valence-electron chi connectivity index (χ3n) is 3.26. The highest BCUT2D eigenvalue weighted by molar-refractivity contribution is 5.80. The average molecular weight is 242 g/mol. The second kappa shape index (κ2) is 6.97. The third kappa shape index (κ3) is 5.50. The molecule has 4 nitrogen and oxygen atoms in total. The van der Waals surface area contributed by atoms with Crippen LogP contribution in [0.3, 0.4) is 0 Å². The minimum atomic E-state index is -0.368. The molecule has 3 N–H and O–H groups in total. The van der Waals surface area contributed by atoms with E-state index in [0.29, 0.717) is 12.7 Å². The van der Waals surface area contributed by atoms with Crippen LogP contribution in [0.5, 0.6) is 0 Å². The van der Waals surface area contributed by atoms with Gasteiger partial charge in [-0.2, -0.15) is 0 Å². The summed E-state index contributed by atoms with van der Waals surface area (Å²) in [6.45, 7) is 6.65. The fourth-order valence-electron chi connectivity index (χ4n) is 2.38. The molecule has 0 aliphatic heterocycles. The van der Waals surface area contributed by atoms with E-state index in [4.69, 9.17) is 10.5 Å². The molecule has 0 aromatic rings. The second-order valence-corrected chi connectivity index (χ2v) is 5.50. The average Bonchev–Trinajstić information content (AvgIpc) is 2.23. The lowest BCUT2D eigenvalue weighted by Crippen LogP contribution is -2.48. The summed E-state index contributed by atoms with van der Waals surface area (Å²) < 4.78 is 5.81. The molecule has 17 heavy (non-hydrogen) atoms. The summed E-state index contributed by atoms with van der Waals surface area (Å²) in [4.78, 5) is 11.3. The molecule has 0 radical (unpaired) electrons. The Hall–Kier alpha value is -0.610. The molecule has 1 rings (SSSR count). The van der Waals surface area contributed by atoms with Gasteiger partial charge in [0, 0.05) is 6.04 Å². The van der Waals surface area contributed by atoms with E-state index >= 15 is 0 Å². The van der Waals surface area contributed by atoms with E-state index in [1.807, 2.05) is 13.8 Å². The molecule has 1 fully saturated rings. The van der Waals surface area contributed by atoms with Gasteiger partial charge in [0.25, 0.3) is 0 Å². The normalized spacial score (nSPS) is 27.1. The maximum atomic E-state index is 11.3. The van der Waals surface area contributed by atoms with Crippen molar-refractivity contribution in [2.45, 2.75) is 64.6 Å². The van der Waals surface area contributed by atoms with E-state index in [9.17, 15) is 4.79 Å². The Bertz CT molecular complexity index is 244. The Labute approximate surface area is 104 Å². The molecule has 1 amide bonds. The van der Waals surface area contributed by atoms with Gasteiger partial charge in [0.15, 0.2) is 0 Å². The molecule has 0 saturated heterocycles. The zero-order valence-corrected chi connectivity index (χ0v) is 11.2. The fourth-order valence-corrected chi connectivity index (χ4v) is 2.38. The van der Waals surface area contributed by atoms with Crippen LogP contribution in [0.4, 0.5) is 0 Å². The van der Waals surface area contributed by atoms with Gasteiger partial charge in [-0.25, -0.2) is 0 Å². The molecule has 0 aromatic carbocycles. The van der Waals surface area contributed by atoms with Gasteiger partial charge in [-0.3, -0.25) is 4.79 Å². The smallest absolute Gasteiger partial charge is 0.236 e. The van der Waals surface area contributed by atoms with Crippen LogP contribution in [0.25, 0.3) is 0 Å². The van der Waals surface area contributed by atoms with Gasteiger partial charge in [0.05, 0.1) is 12.7 Å². The Morgan fingerprint density at radius 1 is 1.47 bits per heavy atom. The number of nitrogens with one attached hydrogen (secondary N) is 1. The summed E-state index contributed by atoms with van der Waals surface area (Å²) in [7, 11) is 0. The number of nitrogens with two attached hydrogens (primary N) is 1. The van der Waals surface area contributed by atoms with Gasteiger partial charge in [-0.05, 0) is 18.8 Å². The van der Waals surface area contributed by atoms with Gasteiger partial charge >= 0.3 is 0 Å². The van der Waals surface area contributed by atoms with E-state index in [2.05, 4.69) is 12.2 Å². The number of carbonyl (C=O) groups excluding carboxylic acids is 1. The van der Waals surface area contributed by atoms with E-state index in [-0.39, 0.29) is 18.0 Å². The molecule has 3 atom stereocenters. The zero-order chi connectivity index (χ0) is 12.8. The first-order valence-corrected chi connectivity index (χ1v) is 6.66. The van der Waals surface area contributed by atoms with Gasteiger partial charge in [0.1, 0.15) is 6.04 Å². The quantitative estimate of drug-likeness (QED) is 0.740. The van der Waals surface area contributed by atoms with Crippen molar-refractivity contribution in [2.75, 3.05) is 6.61 Å². The van der Waals surface area contributed by atoms with Crippen molar-refractivity contribution in [3.8, 4) is 0 Å². The van der Waals surface area contributed by atoms with Crippen LogP contribution < -0.4 is 11.1 Å². The van der Waals surface area contributed by atoms with Crippen LogP contribution in [-0.4, -0.2) is 30.7 Å². The Morgan fingerprint density at radius 3 is 2.71 bits per heavy atom. The van der Waals surface area contributed by atoms with Crippen molar-refractivity contribution >= 4 is 5.91 Å². The Morgan fingerprint density at radius 2 is 2.18 bits per heavy atom. The van der Waals surface area contributed by atoms with Crippen LogP contribution in [0.15, 0.2) is 0 Å². The summed E-state index contributed by atoms with van der Waals surface area (Å²) in [6.07, 6.45) is 5.04. The standard InChI is InChI=1S/C13H26N2O2/c1-9(2)15-12(13(14)16)8-17-11-6-4-5-10(3)7-11/h9-12,15H,4-8H2,1-3H3,(H2,14,16). The molecular weight excluding hydrogens is 216 g/mol. The van der Waals surface area contributed by atoms with Gasteiger partial charge in [-0.1, -0.05) is 33.6 Å². The van der Waals surface area contributed by atoms with Crippen LogP contribution in [0, 0.1) is 5.92 Å². The third-order valence-corrected chi connectivity index (χ3v) is 3.26. The topological polar surface area (TPSA) is 64.3 Å². The second-order valence-electron chi connectivity index (χ2n) is 5.50. The van der Waals surface area contributed by atoms with E-state index in [1.54, 1.807) is 0 Å². The Balaban J connectivity index is 2.32. The van der Waals surface area contributed by atoms with Gasteiger partial charge < -0.3 is 15.8 Å². The molecule has 3 unspecified atom stereocenters. The summed E-state index contributed by atoms with van der Waals surface area (Å²) >= 11 is 0. The number of rotatable bonds is 6. The summed E-state index contributed by atoms with van der Waals surface area (Å²) in [5, 5.41) is 3.13. The zero-order valence-electron chi connectivity index (χ0n) is 11.2. The SMILES string of the molecule is CC1CCCC(OCC(NC(C)C)C(N)=O)C1. The lowest BCUT2D eigenvalue weighted by Gasteiger charge is -2.28. The molecule has 1 aliphatic carbocycles. The lowest BCUT2D eigenvalue weighted by molar-refractivity contribution is -0.122. The summed E-state index contributed by atoms with van der Waals surface area (Å²) in [6, 6.07) is -0.131.